The van der Waals surface area contributed by atoms with E-state index in [1.165, 1.54) is 25.2 Å². The summed E-state index contributed by atoms with van der Waals surface area (Å²) in [6.45, 7) is 6.65. The van der Waals surface area contributed by atoms with Crippen LogP contribution < -0.4 is 10.1 Å². The normalized spacial score (nSPS) is 18.5. The predicted molar refractivity (Wildman–Crippen MR) is 142 cm³/mol. The Labute approximate surface area is 219 Å². The van der Waals surface area contributed by atoms with Crippen molar-refractivity contribution >= 4 is 11.8 Å². The van der Waals surface area contributed by atoms with Crippen molar-refractivity contribution in [1.82, 2.24) is 9.88 Å². The molecule has 0 amide bonds. The van der Waals surface area contributed by atoms with Crippen molar-refractivity contribution in [3.05, 3.63) is 52.5 Å². The quantitative estimate of drug-likeness (QED) is 0.371. The van der Waals surface area contributed by atoms with Crippen LogP contribution >= 0.6 is 0 Å². The fourth-order valence-electron chi connectivity index (χ4n) is 5.34. The Morgan fingerprint density at radius 3 is 2.86 bits per heavy atom. The number of hydrogen-bond donors (Lipinski definition) is 2. The minimum atomic E-state index is -1.01. The van der Waals surface area contributed by atoms with Gasteiger partial charge in [-0.05, 0) is 73.8 Å². The number of benzene rings is 1. The van der Waals surface area contributed by atoms with Gasteiger partial charge in [-0.25, -0.2) is 9.37 Å². The lowest BCUT2D eigenvalue weighted by Crippen LogP contribution is -2.34. The third-order valence-electron chi connectivity index (χ3n) is 7.42. The van der Waals surface area contributed by atoms with E-state index in [2.05, 4.69) is 17.4 Å². The van der Waals surface area contributed by atoms with E-state index in [9.17, 15) is 14.3 Å². The number of halogens is 1. The number of carboxylic acid groups (broad SMARTS) is 1. The number of nitrogens with one attached hydrogen (secondary N) is 1. The molecule has 7 nitrogen and oxygen atoms in total. The largest absolute Gasteiger partial charge is 0.493 e. The van der Waals surface area contributed by atoms with Gasteiger partial charge >= 0.3 is 5.97 Å². The molecule has 0 radical (unpaired) electrons. The summed E-state index contributed by atoms with van der Waals surface area (Å²) in [5.74, 6) is -0.406. The van der Waals surface area contributed by atoms with Crippen LogP contribution in [0, 0.1) is 5.82 Å². The third-order valence-corrected chi connectivity index (χ3v) is 7.42. The molecule has 8 heteroatoms. The molecule has 3 heterocycles. The van der Waals surface area contributed by atoms with Gasteiger partial charge in [-0.15, -0.1) is 0 Å². The van der Waals surface area contributed by atoms with Gasteiger partial charge in [0.15, 0.2) is 11.6 Å². The molecular weight excluding hydrogens is 473 g/mol. The molecule has 1 fully saturated rings. The minimum absolute atomic E-state index is 0.00497. The van der Waals surface area contributed by atoms with E-state index in [1.807, 2.05) is 18.7 Å². The second-order valence-electron chi connectivity index (χ2n) is 10.4. The Kier molecular flexibility index (Phi) is 9.38. The van der Waals surface area contributed by atoms with Gasteiger partial charge in [0.25, 0.3) is 0 Å². The zero-order valence-corrected chi connectivity index (χ0v) is 22.3. The summed E-state index contributed by atoms with van der Waals surface area (Å²) in [7, 11) is 1.38. The number of methoxy groups -OCH3 is 1. The number of fused-ring (bicyclic) bond motifs is 1. The molecule has 0 saturated carbocycles. The first-order chi connectivity index (χ1) is 17.9. The topological polar surface area (TPSA) is 83.9 Å². The molecule has 2 N–H and O–H groups in total. The number of aliphatic carboxylic acids is 1. The van der Waals surface area contributed by atoms with E-state index in [0.29, 0.717) is 25.3 Å². The number of aryl methyl sites for hydroxylation is 2. The molecule has 4 rings (SSSR count). The smallest absolute Gasteiger partial charge is 0.325 e. The Bertz CT molecular complexity index is 1080. The molecule has 1 saturated heterocycles. The maximum atomic E-state index is 14.7. The van der Waals surface area contributed by atoms with E-state index < -0.39 is 17.8 Å². The Balaban J connectivity index is 1.25. The molecule has 1 aromatic heterocycles. The van der Waals surface area contributed by atoms with E-state index in [1.54, 1.807) is 6.07 Å². The van der Waals surface area contributed by atoms with Gasteiger partial charge in [0.05, 0.1) is 13.2 Å². The highest BCUT2D eigenvalue weighted by atomic mass is 19.1. The van der Waals surface area contributed by atoms with Crippen LogP contribution in [0.2, 0.25) is 0 Å². The summed E-state index contributed by atoms with van der Waals surface area (Å²) in [5, 5.41) is 13.5. The van der Waals surface area contributed by atoms with E-state index in [0.717, 1.165) is 62.1 Å². The van der Waals surface area contributed by atoms with E-state index in [4.69, 9.17) is 14.5 Å². The number of likely N-dealkylation sites (tertiary alicyclic amines) is 1. The molecule has 0 aliphatic carbocycles. The number of ether oxygens (including phenoxy) is 2. The number of pyridine rings is 1. The first-order valence-corrected chi connectivity index (χ1v) is 13.6. The number of carbonyl (C=O) groups is 1. The van der Waals surface area contributed by atoms with Gasteiger partial charge in [-0.2, -0.15) is 0 Å². The van der Waals surface area contributed by atoms with Gasteiger partial charge < -0.3 is 19.9 Å². The van der Waals surface area contributed by atoms with Crippen molar-refractivity contribution in [3.63, 3.8) is 0 Å². The molecule has 2 aliphatic heterocycles. The maximum absolute atomic E-state index is 14.7. The number of rotatable bonds is 12. The van der Waals surface area contributed by atoms with Gasteiger partial charge in [0, 0.05) is 37.5 Å². The zero-order chi connectivity index (χ0) is 26.4. The molecule has 1 aromatic carbocycles. The van der Waals surface area contributed by atoms with Crippen LogP contribution in [-0.4, -0.2) is 60.4 Å². The fraction of sp³-hybridized carbons (Fsp3) is 0.586. The van der Waals surface area contributed by atoms with Crippen LogP contribution in [0.3, 0.4) is 0 Å². The average Bonchev–Trinajstić information content (AvgIpc) is 3.33. The maximum Gasteiger partial charge on any atom is 0.325 e. The summed E-state index contributed by atoms with van der Waals surface area (Å²) >= 11 is 0. The molecule has 37 heavy (non-hydrogen) atoms. The van der Waals surface area contributed by atoms with Crippen molar-refractivity contribution in [2.75, 3.05) is 38.7 Å². The highest BCUT2D eigenvalue weighted by Crippen LogP contribution is 2.37. The predicted octanol–water partition coefficient (Wildman–Crippen LogP) is 5.34. The van der Waals surface area contributed by atoms with Crippen molar-refractivity contribution in [1.29, 1.82) is 0 Å². The number of aromatic nitrogens is 1. The zero-order valence-electron chi connectivity index (χ0n) is 22.3. The Morgan fingerprint density at radius 2 is 2.11 bits per heavy atom. The summed E-state index contributed by atoms with van der Waals surface area (Å²) in [6, 6.07) is 6.57. The van der Waals surface area contributed by atoms with Crippen LogP contribution in [-0.2, 0) is 22.4 Å². The van der Waals surface area contributed by atoms with Gasteiger partial charge in [0.1, 0.15) is 11.9 Å². The van der Waals surface area contributed by atoms with Crippen LogP contribution in [0.1, 0.15) is 80.3 Å². The minimum Gasteiger partial charge on any atom is -0.493 e. The molecule has 2 atom stereocenters. The summed E-state index contributed by atoms with van der Waals surface area (Å²) in [5.41, 5.74) is 3.57. The van der Waals surface area contributed by atoms with Gasteiger partial charge in [-0.1, -0.05) is 26.3 Å². The molecule has 0 spiro atoms. The Morgan fingerprint density at radius 1 is 1.27 bits per heavy atom. The lowest BCUT2D eigenvalue weighted by molar-refractivity contribution is -0.143. The van der Waals surface area contributed by atoms with Crippen LogP contribution in [0.5, 0.6) is 5.75 Å². The number of hydrogen-bond acceptors (Lipinski definition) is 6. The Hall–Kier alpha value is -2.71. The van der Waals surface area contributed by atoms with E-state index in [-0.39, 0.29) is 17.8 Å². The molecule has 0 bridgehead atoms. The lowest BCUT2D eigenvalue weighted by atomic mass is 9.95. The molecular formula is C29H40FN3O4. The van der Waals surface area contributed by atoms with Crippen molar-refractivity contribution in [3.8, 4) is 5.75 Å². The second-order valence-corrected chi connectivity index (χ2v) is 10.4. The number of unbranched alkanes of at least 4 members (excludes halogenated alkanes) is 2. The molecule has 202 valence electrons. The highest BCUT2D eigenvalue weighted by molar-refractivity contribution is 5.77. The van der Waals surface area contributed by atoms with E-state index >= 15 is 0 Å². The number of nitrogens with zero attached hydrogens (tertiary/aromatic N) is 2. The number of anilines is 1. The van der Waals surface area contributed by atoms with Gasteiger partial charge in [0.2, 0.25) is 0 Å². The van der Waals surface area contributed by atoms with Crippen molar-refractivity contribution < 1.29 is 23.8 Å². The standard InChI is InChI=1S/C29H40FN3O4/c1-19(2)21-16-24(27(36-3)25(30)17-21)26(29(34)35)33-14-12-23(18-33)37-15-6-4-5-9-22-11-10-20-8-7-13-31-28(20)32-22/h10-11,16-17,19,23,26H,4-9,12-15,18H2,1-3H3,(H,31,32)(H,34,35)/t23-,26-/m0/s1. The SMILES string of the molecule is COc1c(F)cc(C(C)C)cc1[C@@H](C(=O)O)N1CC[C@H](OCCCCCc2ccc3c(n2)NCCC3)C1. The summed E-state index contributed by atoms with van der Waals surface area (Å²) in [6.07, 6.45) is 7.03. The number of carboxylic acids is 1. The van der Waals surface area contributed by atoms with Gasteiger partial charge in [-0.3, -0.25) is 9.69 Å². The fourth-order valence-corrected chi connectivity index (χ4v) is 5.34. The monoisotopic (exact) mass is 513 g/mol. The summed E-state index contributed by atoms with van der Waals surface area (Å²) < 4.78 is 26.1. The highest BCUT2D eigenvalue weighted by Gasteiger charge is 2.36. The van der Waals surface area contributed by atoms with Crippen LogP contribution in [0.4, 0.5) is 10.2 Å². The first-order valence-electron chi connectivity index (χ1n) is 13.6. The van der Waals surface area contributed by atoms with Crippen molar-refractivity contribution in [2.45, 2.75) is 76.9 Å². The molecule has 0 unspecified atom stereocenters. The molecule has 2 aromatic rings. The second kappa shape index (κ2) is 12.7. The third kappa shape index (κ3) is 6.79. The lowest BCUT2D eigenvalue weighted by Gasteiger charge is -2.27. The summed E-state index contributed by atoms with van der Waals surface area (Å²) in [4.78, 5) is 18.9. The average molecular weight is 514 g/mol. The molecule has 2 aliphatic rings. The van der Waals surface area contributed by atoms with Crippen molar-refractivity contribution in [2.24, 2.45) is 0 Å². The van der Waals surface area contributed by atoms with Crippen LogP contribution in [0.15, 0.2) is 24.3 Å². The first kappa shape index (κ1) is 27.3. The van der Waals surface area contributed by atoms with Crippen LogP contribution in [0.25, 0.3) is 0 Å².